The van der Waals surface area contributed by atoms with Crippen LogP contribution in [0, 0.1) is 5.92 Å². The second-order valence-electron chi connectivity index (χ2n) is 5.95. The monoisotopic (exact) mass is 322 g/mol. The highest BCUT2D eigenvalue weighted by Crippen LogP contribution is 2.23. The van der Waals surface area contributed by atoms with Gasteiger partial charge in [0.25, 0.3) is 5.91 Å². The van der Waals surface area contributed by atoms with Crippen molar-refractivity contribution in [2.45, 2.75) is 45.1 Å². The molecule has 0 heterocycles. The Hall–Kier alpha value is -1.55. The van der Waals surface area contributed by atoms with Gasteiger partial charge in [-0.1, -0.05) is 31.4 Å². The van der Waals surface area contributed by atoms with Gasteiger partial charge in [-0.05, 0) is 43.0 Å². The zero-order valence-electron chi connectivity index (χ0n) is 12.9. The topological polar surface area (TPSA) is 58.2 Å². The molecule has 0 aliphatic heterocycles. The van der Waals surface area contributed by atoms with Crippen molar-refractivity contribution in [3.63, 3.8) is 0 Å². The standard InChI is InChI=1S/C17H23ClN2O2/c1-12-4-2-3-5-15(12)20-16(21)10-11-19-17(22)13-6-8-14(18)9-7-13/h6-9,12,15H,2-5,10-11H2,1H3,(H,19,22)(H,20,21)/t12-,15-/m0/s1. The van der Waals surface area contributed by atoms with Gasteiger partial charge in [0.05, 0.1) is 0 Å². The molecule has 0 aromatic heterocycles. The third-order valence-electron chi connectivity index (χ3n) is 4.20. The van der Waals surface area contributed by atoms with Crippen molar-refractivity contribution in [2.75, 3.05) is 6.54 Å². The number of rotatable bonds is 5. The van der Waals surface area contributed by atoms with E-state index in [4.69, 9.17) is 11.6 Å². The summed E-state index contributed by atoms with van der Waals surface area (Å²) in [6.07, 6.45) is 4.98. The summed E-state index contributed by atoms with van der Waals surface area (Å²) in [7, 11) is 0. The predicted molar refractivity (Wildman–Crippen MR) is 88.0 cm³/mol. The van der Waals surface area contributed by atoms with Gasteiger partial charge in [-0.3, -0.25) is 9.59 Å². The van der Waals surface area contributed by atoms with E-state index in [2.05, 4.69) is 17.6 Å². The summed E-state index contributed by atoms with van der Waals surface area (Å²) in [5.41, 5.74) is 0.547. The minimum absolute atomic E-state index is 0.00940. The van der Waals surface area contributed by atoms with Crippen LogP contribution < -0.4 is 10.6 Å². The fraction of sp³-hybridized carbons (Fsp3) is 0.529. The molecule has 0 unspecified atom stereocenters. The van der Waals surface area contributed by atoms with E-state index in [1.165, 1.54) is 19.3 Å². The van der Waals surface area contributed by atoms with Gasteiger partial charge in [-0.25, -0.2) is 0 Å². The summed E-state index contributed by atoms with van der Waals surface area (Å²) in [6, 6.07) is 6.97. The number of nitrogens with one attached hydrogen (secondary N) is 2. The molecule has 5 heteroatoms. The maximum atomic E-state index is 11.9. The van der Waals surface area contributed by atoms with Crippen LogP contribution in [0.4, 0.5) is 0 Å². The number of benzene rings is 1. The minimum atomic E-state index is -0.185. The Labute approximate surface area is 136 Å². The molecule has 1 aliphatic carbocycles. The Balaban J connectivity index is 1.70. The molecule has 1 aliphatic rings. The van der Waals surface area contributed by atoms with Crippen LogP contribution >= 0.6 is 11.6 Å². The van der Waals surface area contributed by atoms with E-state index in [0.29, 0.717) is 29.5 Å². The first-order valence-electron chi connectivity index (χ1n) is 7.89. The van der Waals surface area contributed by atoms with Gasteiger partial charge >= 0.3 is 0 Å². The third kappa shape index (κ3) is 5.02. The van der Waals surface area contributed by atoms with Gasteiger partial charge in [0.15, 0.2) is 0 Å². The molecule has 1 aromatic carbocycles. The molecule has 2 atom stereocenters. The van der Waals surface area contributed by atoms with Crippen LogP contribution in [0.3, 0.4) is 0 Å². The Morgan fingerprint density at radius 1 is 1.18 bits per heavy atom. The van der Waals surface area contributed by atoms with Crippen molar-refractivity contribution < 1.29 is 9.59 Å². The highest BCUT2D eigenvalue weighted by atomic mass is 35.5. The van der Waals surface area contributed by atoms with E-state index >= 15 is 0 Å². The highest BCUT2D eigenvalue weighted by molar-refractivity contribution is 6.30. The lowest BCUT2D eigenvalue weighted by Gasteiger charge is -2.29. The van der Waals surface area contributed by atoms with Crippen LogP contribution in [0.15, 0.2) is 24.3 Å². The van der Waals surface area contributed by atoms with Crippen LogP contribution in [-0.4, -0.2) is 24.4 Å². The van der Waals surface area contributed by atoms with Gasteiger partial charge < -0.3 is 10.6 Å². The van der Waals surface area contributed by atoms with Crippen molar-refractivity contribution in [2.24, 2.45) is 5.92 Å². The Kier molecular flexibility index (Phi) is 6.25. The van der Waals surface area contributed by atoms with Crippen molar-refractivity contribution in [1.82, 2.24) is 10.6 Å². The van der Waals surface area contributed by atoms with Crippen LogP contribution in [0.25, 0.3) is 0 Å². The van der Waals surface area contributed by atoms with E-state index in [-0.39, 0.29) is 17.9 Å². The molecule has 1 fully saturated rings. The van der Waals surface area contributed by atoms with E-state index in [0.717, 1.165) is 6.42 Å². The molecular weight excluding hydrogens is 300 g/mol. The molecule has 1 saturated carbocycles. The van der Waals surface area contributed by atoms with Crippen LogP contribution in [0.5, 0.6) is 0 Å². The van der Waals surface area contributed by atoms with Crippen LogP contribution in [-0.2, 0) is 4.79 Å². The van der Waals surface area contributed by atoms with Crippen LogP contribution in [0.1, 0.15) is 49.4 Å². The smallest absolute Gasteiger partial charge is 0.251 e. The number of carbonyl (C=O) groups is 2. The van der Waals surface area contributed by atoms with Gasteiger partial charge in [0.2, 0.25) is 5.91 Å². The molecule has 22 heavy (non-hydrogen) atoms. The number of hydrogen-bond acceptors (Lipinski definition) is 2. The van der Waals surface area contributed by atoms with Gasteiger partial charge in [-0.2, -0.15) is 0 Å². The second kappa shape index (κ2) is 8.18. The molecule has 2 rings (SSSR count). The first-order chi connectivity index (χ1) is 10.6. The SMILES string of the molecule is C[C@H]1CCCC[C@@H]1NC(=O)CCNC(=O)c1ccc(Cl)cc1. The van der Waals surface area contributed by atoms with E-state index in [1.54, 1.807) is 24.3 Å². The largest absolute Gasteiger partial charge is 0.353 e. The molecular formula is C17H23ClN2O2. The first-order valence-corrected chi connectivity index (χ1v) is 8.27. The summed E-state index contributed by atoms with van der Waals surface area (Å²) in [4.78, 5) is 23.8. The maximum Gasteiger partial charge on any atom is 0.251 e. The number of hydrogen-bond donors (Lipinski definition) is 2. The molecule has 2 N–H and O–H groups in total. The average molecular weight is 323 g/mol. The van der Waals surface area contributed by atoms with Crippen LogP contribution in [0.2, 0.25) is 5.02 Å². The number of carbonyl (C=O) groups excluding carboxylic acids is 2. The van der Waals surface area contributed by atoms with Crippen molar-refractivity contribution in [3.05, 3.63) is 34.9 Å². The summed E-state index contributed by atoms with van der Waals surface area (Å²) >= 11 is 5.78. The molecule has 2 amide bonds. The lowest BCUT2D eigenvalue weighted by Crippen LogP contribution is -2.42. The molecule has 4 nitrogen and oxygen atoms in total. The Morgan fingerprint density at radius 3 is 2.55 bits per heavy atom. The number of amides is 2. The molecule has 0 radical (unpaired) electrons. The fourth-order valence-electron chi connectivity index (χ4n) is 2.80. The second-order valence-corrected chi connectivity index (χ2v) is 6.38. The van der Waals surface area contributed by atoms with Crippen molar-refractivity contribution >= 4 is 23.4 Å². The summed E-state index contributed by atoms with van der Waals surface area (Å²) in [5, 5.41) is 6.43. The normalized spacial score (nSPS) is 21.2. The van der Waals surface area contributed by atoms with Gasteiger partial charge in [-0.15, -0.1) is 0 Å². The number of halogens is 1. The molecule has 0 bridgehead atoms. The predicted octanol–water partition coefficient (Wildman–Crippen LogP) is 3.15. The van der Waals surface area contributed by atoms with E-state index in [1.807, 2.05) is 0 Å². The molecule has 120 valence electrons. The minimum Gasteiger partial charge on any atom is -0.353 e. The summed E-state index contributed by atoms with van der Waals surface area (Å²) in [6.45, 7) is 2.53. The summed E-state index contributed by atoms with van der Waals surface area (Å²) in [5.74, 6) is 0.368. The lowest BCUT2D eigenvalue weighted by molar-refractivity contribution is -0.122. The zero-order valence-corrected chi connectivity index (χ0v) is 13.7. The molecule has 0 spiro atoms. The third-order valence-corrected chi connectivity index (χ3v) is 4.45. The van der Waals surface area contributed by atoms with Crippen molar-refractivity contribution in [1.29, 1.82) is 0 Å². The van der Waals surface area contributed by atoms with E-state index in [9.17, 15) is 9.59 Å². The molecule has 1 aromatic rings. The quantitative estimate of drug-likeness (QED) is 0.875. The van der Waals surface area contributed by atoms with Gasteiger partial charge in [0, 0.05) is 29.6 Å². The average Bonchev–Trinajstić information content (AvgIpc) is 2.50. The first kappa shape index (κ1) is 16.8. The fourth-order valence-corrected chi connectivity index (χ4v) is 2.93. The highest BCUT2D eigenvalue weighted by Gasteiger charge is 2.22. The summed E-state index contributed by atoms with van der Waals surface area (Å²) < 4.78 is 0. The van der Waals surface area contributed by atoms with Crippen molar-refractivity contribution in [3.8, 4) is 0 Å². The Morgan fingerprint density at radius 2 is 1.86 bits per heavy atom. The zero-order chi connectivity index (χ0) is 15.9. The molecule has 0 saturated heterocycles. The van der Waals surface area contributed by atoms with Gasteiger partial charge in [0.1, 0.15) is 0 Å². The Bertz CT molecular complexity index is 516. The maximum absolute atomic E-state index is 11.9. The van der Waals surface area contributed by atoms with E-state index < -0.39 is 0 Å². The lowest BCUT2D eigenvalue weighted by atomic mass is 9.86.